The lowest BCUT2D eigenvalue weighted by atomic mass is 10.6. The molecule has 0 atom stereocenters. The molecule has 1 heterocycles. The van der Waals surface area contributed by atoms with Gasteiger partial charge in [0.1, 0.15) is 0 Å². The number of ether oxygens (including phenoxy) is 1. The molecule has 0 amide bonds. The van der Waals surface area contributed by atoms with Crippen molar-refractivity contribution in [3.63, 3.8) is 0 Å². The van der Waals surface area contributed by atoms with Crippen LogP contribution in [0.5, 0.6) is 0 Å². The molecule has 0 bridgehead atoms. The molecule has 0 fully saturated rings. The van der Waals surface area contributed by atoms with Crippen molar-refractivity contribution in [3.8, 4) is 0 Å². The van der Waals surface area contributed by atoms with Gasteiger partial charge in [-0.05, 0) is 0 Å². The molecule has 1 aromatic rings. The number of hydrogen-bond acceptors (Lipinski definition) is 4. The number of aryl methyl sites for hydroxylation is 1. The number of rotatable bonds is 6. The Kier molecular flexibility index (Phi) is 4.28. The Hall–Kier alpha value is -1.07. The van der Waals surface area contributed by atoms with Gasteiger partial charge in [0.25, 0.3) is 0 Å². The van der Waals surface area contributed by atoms with Crippen molar-refractivity contribution >= 4 is 5.95 Å². The monoisotopic (exact) mass is 184 g/mol. The second-order valence-corrected chi connectivity index (χ2v) is 2.69. The highest BCUT2D eigenvalue weighted by atomic mass is 16.5. The summed E-state index contributed by atoms with van der Waals surface area (Å²) in [7, 11) is 1.94. The van der Waals surface area contributed by atoms with Crippen molar-refractivity contribution in [2.75, 3.05) is 31.6 Å². The highest BCUT2D eigenvalue weighted by molar-refractivity contribution is 5.24. The summed E-state index contributed by atoms with van der Waals surface area (Å²) in [6.45, 7) is 2.60. The van der Waals surface area contributed by atoms with Gasteiger partial charge in [0, 0.05) is 32.5 Å². The average molecular weight is 184 g/mol. The van der Waals surface area contributed by atoms with Crippen LogP contribution in [0.25, 0.3) is 0 Å². The molecule has 0 spiro atoms. The van der Waals surface area contributed by atoms with Crippen LogP contribution in [-0.4, -0.2) is 35.9 Å². The Balaban J connectivity index is 2.10. The molecule has 0 aliphatic rings. The molecule has 0 saturated carbocycles. The quantitative estimate of drug-likeness (QED) is 0.601. The van der Waals surface area contributed by atoms with Crippen LogP contribution in [0.4, 0.5) is 5.95 Å². The Morgan fingerprint density at radius 2 is 2.46 bits per heavy atom. The third-order valence-corrected chi connectivity index (χ3v) is 1.61. The first-order chi connectivity index (χ1) is 6.34. The van der Waals surface area contributed by atoms with E-state index >= 15 is 0 Å². The molecule has 0 aliphatic heterocycles. The number of nitrogens with one attached hydrogen (secondary N) is 1. The van der Waals surface area contributed by atoms with Crippen LogP contribution in [0, 0.1) is 0 Å². The van der Waals surface area contributed by atoms with E-state index in [1.807, 2.05) is 17.8 Å². The van der Waals surface area contributed by atoms with Crippen molar-refractivity contribution < 1.29 is 4.74 Å². The Morgan fingerprint density at radius 3 is 3.08 bits per heavy atom. The SMILES string of the molecule is Cn1ccnc1NCCOCCN. The Labute approximate surface area is 77.9 Å². The van der Waals surface area contributed by atoms with Crippen LogP contribution >= 0.6 is 0 Å². The maximum atomic E-state index is 5.27. The molecule has 0 aromatic carbocycles. The first-order valence-electron chi connectivity index (χ1n) is 4.33. The van der Waals surface area contributed by atoms with Crippen molar-refractivity contribution in [2.45, 2.75) is 0 Å². The summed E-state index contributed by atoms with van der Waals surface area (Å²) in [5.74, 6) is 0.858. The summed E-state index contributed by atoms with van der Waals surface area (Å²) < 4.78 is 7.12. The minimum atomic E-state index is 0.572. The van der Waals surface area contributed by atoms with E-state index in [0.29, 0.717) is 19.8 Å². The molecule has 0 unspecified atom stereocenters. The van der Waals surface area contributed by atoms with Gasteiger partial charge in [-0.3, -0.25) is 0 Å². The molecular formula is C8H16N4O. The lowest BCUT2D eigenvalue weighted by Crippen LogP contribution is -2.15. The number of anilines is 1. The highest BCUT2D eigenvalue weighted by Gasteiger charge is 1.95. The van der Waals surface area contributed by atoms with Crippen LogP contribution < -0.4 is 11.1 Å². The third-order valence-electron chi connectivity index (χ3n) is 1.61. The van der Waals surface area contributed by atoms with Crippen LogP contribution in [0.15, 0.2) is 12.4 Å². The van der Waals surface area contributed by atoms with Crippen LogP contribution in [0.1, 0.15) is 0 Å². The fourth-order valence-corrected chi connectivity index (χ4v) is 0.956. The number of nitrogens with zero attached hydrogens (tertiary/aromatic N) is 2. The van der Waals surface area contributed by atoms with Gasteiger partial charge < -0.3 is 20.4 Å². The molecule has 1 rings (SSSR count). The fraction of sp³-hybridized carbons (Fsp3) is 0.625. The van der Waals surface area contributed by atoms with Gasteiger partial charge in [-0.2, -0.15) is 0 Å². The maximum absolute atomic E-state index is 5.27. The van der Waals surface area contributed by atoms with E-state index in [2.05, 4.69) is 10.3 Å². The van der Waals surface area contributed by atoms with Crippen molar-refractivity contribution in [1.82, 2.24) is 9.55 Å². The zero-order valence-electron chi connectivity index (χ0n) is 7.86. The van der Waals surface area contributed by atoms with Crippen LogP contribution in [0.3, 0.4) is 0 Å². The van der Waals surface area contributed by atoms with Crippen LogP contribution in [0.2, 0.25) is 0 Å². The smallest absolute Gasteiger partial charge is 0.202 e. The van der Waals surface area contributed by atoms with E-state index in [1.165, 1.54) is 0 Å². The summed E-state index contributed by atoms with van der Waals surface area (Å²) in [6.07, 6.45) is 3.64. The standard InChI is InChI=1S/C8H16N4O/c1-12-5-3-10-8(12)11-4-7-13-6-2-9/h3,5H,2,4,6-7,9H2,1H3,(H,10,11). The minimum Gasteiger partial charge on any atom is -0.378 e. The molecule has 0 saturated heterocycles. The van der Waals surface area contributed by atoms with E-state index in [-0.39, 0.29) is 0 Å². The van der Waals surface area contributed by atoms with Gasteiger partial charge in [-0.15, -0.1) is 0 Å². The normalized spacial score (nSPS) is 10.3. The van der Waals surface area contributed by atoms with E-state index in [1.54, 1.807) is 6.20 Å². The lowest BCUT2D eigenvalue weighted by molar-refractivity contribution is 0.151. The van der Waals surface area contributed by atoms with Gasteiger partial charge in [0.15, 0.2) is 0 Å². The van der Waals surface area contributed by atoms with E-state index in [4.69, 9.17) is 10.5 Å². The topological polar surface area (TPSA) is 65.1 Å². The minimum absolute atomic E-state index is 0.572. The van der Waals surface area contributed by atoms with Crippen molar-refractivity contribution in [1.29, 1.82) is 0 Å². The Morgan fingerprint density at radius 1 is 1.62 bits per heavy atom. The number of hydrogen-bond donors (Lipinski definition) is 2. The van der Waals surface area contributed by atoms with Crippen molar-refractivity contribution in [3.05, 3.63) is 12.4 Å². The second kappa shape index (κ2) is 5.55. The average Bonchev–Trinajstić information content (AvgIpc) is 2.52. The molecule has 3 N–H and O–H groups in total. The fourth-order valence-electron chi connectivity index (χ4n) is 0.956. The maximum Gasteiger partial charge on any atom is 0.202 e. The molecule has 1 aromatic heterocycles. The van der Waals surface area contributed by atoms with E-state index < -0.39 is 0 Å². The molecule has 0 radical (unpaired) electrons. The first kappa shape index (κ1) is 10.0. The molecule has 13 heavy (non-hydrogen) atoms. The number of nitrogens with two attached hydrogens (primary N) is 1. The summed E-state index contributed by atoms with van der Waals surface area (Å²) in [5.41, 5.74) is 5.27. The largest absolute Gasteiger partial charge is 0.378 e. The zero-order valence-corrected chi connectivity index (χ0v) is 7.86. The van der Waals surface area contributed by atoms with Gasteiger partial charge >= 0.3 is 0 Å². The molecule has 74 valence electrons. The van der Waals surface area contributed by atoms with Gasteiger partial charge in [0.05, 0.1) is 13.2 Å². The summed E-state index contributed by atoms with van der Waals surface area (Å²) in [6, 6.07) is 0. The second-order valence-electron chi connectivity index (χ2n) is 2.69. The summed E-state index contributed by atoms with van der Waals surface area (Å²) in [4.78, 5) is 4.11. The predicted octanol–water partition coefficient (Wildman–Crippen LogP) is -0.193. The molecular weight excluding hydrogens is 168 g/mol. The van der Waals surface area contributed by atoms with Gasteiger partial charge in [-0.1, -0.05) is 0 Å². The number of aromatic nitrogens is 2. The third kappa shape index (κ3) is 3.43. The molecule has 0 aliphatic carbocycles. The zero-order chi connectivity index (χ0) is 9.52. The summed E-state index contributed by atoms with van der Waals surface area (Å²) in [5, 5.41) is 3.14. The predicted molar refractivity (Wildman–Crippen MR) is 51.6 cm³/mol. The number of imidazole rings is 1. The van der Waals surface area contributed by atoms with Crippen molar-refractivity contribution in [2.24, 2.45) is 12.8 Å². The van der Waals surface area contributed by atoms with Gasteiger partial charge in [-0.25, -0.2) is 4.98 Å². The Bertz CT molecular complexity index is 236. The van der Waals surface area contributed by atoms with Crippen LogP contribution in [-0.2, 0) is 11.8 Å². The molecule has 5 nitrogen and oxygen atoms in total. The van der Waals surface area contributed by atoms with E-state index in [9.17, 15) is 0 Å². The molecule has 5 heteroatoms. The van der Waals surface area contributed by atoms with E-state index in [0.717, 1.165) is 12.5 Å². The first-order valence-corrected chi connectivity index (χ1v) is 4.33. The highest BCUT2D eigenvalue weighted by Crippen LogP contribution is 1.98. The van der Waals surface area contributed by atoms with Gasteiger partial charge in [0.2, 0.25) is 5.95 Å². The summed E-state index contributed by atoms with van der Waals surface area (Å²) >= 11 is 0. The lowest BCUT2D eigenvalue weighted by Gasteiger charge is -2.05.